The van der Waals surface area contributed by atoms with Crippen LogP contribution in [0.4, 0.5) is 0 Å². The molecule has 0 saturated carbocycles. The van der Waals surface area contributed by atoms with Crippen LogP contribution in [0.1, 0.15) is 6.42 Å². The highest BCUT2D eigenvalue weighted by Crippen LogP contribution is 2.46. The van der Waals surface area contributed by atoms with E-state index < -0.39 is 0 Å². The Morgan fingerprint density at radius 1 is 1.25 bits per heavy atom. The number of ether oxygens (including phenoxy) is 3. The Bertz CT molecular complexity index is 226. The summed E-state index contributed by atoms with van der Waals surface area (Å²) in [4.78, 5) is 0. The van der Waals surface area contributed by atoms with Crippen LogP contribution in [0.2, 0.25) is 0 Å². The Hall–Kier alpha value is -0.380. The maximum absolute atomic E-state index is 5.57. The van der Waals surface area contributed by atoms with E-state index in [0.717, 1.165) is 13.0 Å². The van der Waals surface area contributed by atoms with Crippen LogP contribution in [0.3, 0.4) is 0 Å². The van der Waals surface area contributed by atoms with Crippen molar-refractivity contribution < 1.29 is 14.2 Å². The Labute approximate surface area is 71.3 Å². The molecule has 3 aliphatic rings. The summed E-state index contributed by atoms with van der Waals surface area (Å²) in [5.41, 5.74) is 1.18. The van der Waals surface area contributed by atoms with Gasteiger partial charge in [0, 0.05) is 11.8 Å². The van der Waals surface area contributed by atoms with E-state index in [1.54, 1.807) is 0 Å². The third kappa shape index (κ3) is 0.762. The van der Waals surface area contributed by atoms with Crippen LogP contribution < -0.4 is 0 Å². The topological polar surface area (TPSA) is 27.7 Å². The smallest absolute Gasteiger partial charge is 0.168 e. The minimum absolute atomic E-state index is 0.0166. The summed E-state index contributed by atoms with van der Waals surface area (Å²) in [6.07, 6.45) is 1.01. The van der Waals surface area contributed by atoms with Gasteiger partial charge in [-0.3, -0.25) is 0 Å². The molecule has 0 amide bonds. The maximum Gasteiger partial charge on any atom is 0.168 e. The predicted octanol–water partition coefficient (Wildman–Crippen LogP) is 0.908. The highest BCUT2D eigenvalue weighted by molar-refractivity contribution is 5.12. The predicted molar refractivity (Wildman–Crippen MR) is 41.3 cm³/mol. The third-order valence-electron chi connectivity index (χ3n) is 3.01. The van der Waals surface area contributed by atoms with Gasteiger partial charge in [0.1, 0.15) is 0 Å². The van der Waals surface area contributed by atoms with Gasteiger partial charge in [-0.1, -0.05) is 6.58 Å². The van der Waals surface area contributed by atoms with Gasteiger partial charge in [-0.25, -0.2) is 0 Å². The van der Waals surface area contributed by atoms with Gasteiger partial charge in [0.2, 0.25) is 0 Å². The minimum atomic E-state index is -0.0622. The molecule has 0 aromatic carbocycles. The van der Waals surface area contributed by atoms with Crippen LogP contribution in [0.5, 0.6) is 0 Å². The summed E-state index contributed by atoms with van der Waals surface area (Å²) in [5.74, 6) is 0.905. The molecular formula is C9H12O3. The molecule has 66 valence electrons. The van der Waals surface area contributed by atoms with Gasteiger partial charge in [-0.15, -0.1) is 0 Å². The second-order valence-corrected chi connectivity index (χ2v) is 3.69. The summed E-state index contributed by atoms with van der Waals surface area (Å²) >= 11 is 0. The van der Waals surface area contributed by atoms with Gasteiger partial charge < -0.3 is 14.2 Å². The molecule has 3 rings (SSSR count). The van der Waals surface area contributed by atoms with Gasteiger partial charge in [-0.05, 0) is 12.0 Å². The van der Waals surface area contributed by atoms with E-state index >= 15 is 0 Å². The summed E-state index contributed by atoms with van der Waals surface area (Å²) < 4.78 is 16.4. The molecule has 4 atom stereocenters. The Balaban J connectivity index is 1.90. The van der Waals surface area contributed by atoms with Crippen molar-refractivity contribution in [1.82, 2.24) is 0 Å². The molecule has 0 aliphatic carbocycles. The largest absolute Gasteiger partial charge is 0.352 e. The van der Waals surface area contributed by atoms with Gasteiger partial charge in [-0.2, -0.15) is 0 Å². The fourth-order valence-corrected chi connectivity index (χ4v) is 2.41. The van der Waals surface area contributed by atoms with Gasteiger partial charge in [0.25, 0.3) is 0 Å². The molecule has 0 N–H and O–H groups in total. The molecule has 0 radical (unpaired) electrons. The van der Waals surface area contributed by atoms with Gasteiger partial charge in [0.05, 0.1) is 13.2 Å². The standard InChI is InChI=1S/C9H12O3/c1-5-4-11-9-7(5)6-2-3-10-8(6)12-9/h6-9H,1-4H2/t6-,7-,8+,9?/m0/s1. The maximum atomic E-state index is 5.57. The van der Waals surface area contributed by atoms with Crippen LogP contribution in [0.25, 0.3) is 0 Å². The summed E-state index contributed by atoms with van der Waals surface area (Å²) in [6, 6.07) is 0. The number of fused-ring (bicyclic) bond motifs is 3. The number of hydrogen-bond donors (Lipinski definition) is 0. The Kier molecular flexibility index (Phi) is 1.36. The Morgan fingerprint density at radius 3 is 3.08 bits per heavy atom. The lowest BCUT2D eigenvalue weighted by Crippen LogP contribution is -2.16. The van der Waals surface area contributed by atoms with Crippen molar-refractivity contribution in [3.05, 3.63) is 12.2 Å². The highest BCUT2D eigenvalue weighted by Gasteiger charge is 2.52. The average Bonchev–Trinajstić information content (AvgIpc) is 2.61. The molecule has 0 aromatic rings. The fraction of sp³-hybridized carbons (Fsp3) is 0.778. The first-order valence-corrected chi connectivity index (χ1v) is 4.42. The van der Waals surface area contributed by atoms with E-state index in [0.29, 0.717) is 18.4 Å². The molecule has 3 heterocycles. The lowest BCUT2D eigenvalue weighted by atomic mass is 9.88. The van der Waals surface area contributed by atoms with E-state index in [1.165, 1.54) is 5.57 Å². The molecule has 1 unspecified atom stereocenters. The van der Waals surface area contributed by atoms with Crippen LogP contribution in [0.15, 0.2) is 12.2 Å². The molecule has 3 aliphatic heterocycles. The van der Waals surface area contributed by atoms with E-state index in [-0.39, 0.29) is 12.6 Å². The lowest BCUT2D eigenvalue weighted by molar-refractivity contribution is -0.188. The second kappa shape index (κ2) is 2.31. The molecular weight excluding hydrogens is 156 g/mol. The number of rotatable bonds is 0. The lowest BCUT2D eigenvalue weighted by Gasteiger charge is -2.11. The first-order valence-electron chi connectivity index (χ1n) is 4.42. The SMILES string of the molecule is C=C1COC2O[C@H]3OCC[C@H]3[C@H]12. The van der Waals surface area contributed by atoms with Crippen LogP contribution in [-0.2, 0) is 14.2 Å². The van der Waals surface area contributed by atoms with Crippen molar-refractivity contribution in [2.24, 2.45) is 11.8 Å². The molecule has 0 bridgehead atoms. The van der Waals surface area contributed by atoms with Crippen molar-refractivity contribution in [3.63, 3.8) is 0 Å². The normalized spacial score (nSPS) is 51.2. The third-order valence-corrected chi connectivity index (χ3v) is 3.01. The summed E-state index contributed by atoms with van der Waals surface area (Å²) in [7, 11) is 0. The summed E-state index contributed by atoms with van der Waals surface area (Å²) in [6.45, 7) is 5.49. The molecule has 3 heteroatoms. The average molecular weight is 168 g/mol. The molecule has 3 saturated heterocycles. The molecule has 0 spiro atoms. The zero-order chi connectivity index (χ0) is 8.13. The van der Waals surface area contributed by atoms with Gasteiger partial charge in [0.15, 0.2) is 12.6 Å². The zero-order valence-corrected chi connectivity index (χ0v) is 6.86. The first kappa shape index (κ1) is 7.06. The molecule has 0 aromatic heterocycles. The van der Waals surface area contributed by atoms with E-state index in [4.69, 9.17) is 14.2 Å². The monoisotopic (exact) mass is 168 g/mol. The second-order valence-electron chi connectivity index (χ2n) is 3.69. The molecule has 3 fully saturated rings. The van der Waals surface area contributed by atoms with E-state index in [1.807, 2.05) is 0 Å². The van der Waals surface area contributed by atoms with Crippen molar-refractivity contribution in [2.45, 2.75) is 19.0 Å². The first-order chi connectivity index (χ1) is 5.86. The fourth-order valence-electron chi connectivity index (χ4n) is 2.41. The van der Waals surface area contributed by atoms with Crippen molar-refractivity contribution >= 4 is 0 Å². The van der Waals surface area contributed by atoms with Crippen LogP contribution in [-0.4, -0.2) is 25.8 Å². The van der Waals surface area contributed by atoms with Crippen LogP contribution in [0, 0.1) is 11.8 Å². The quantitative estimate of drug-likeness (QED) is 0.503. The number of hydrogen-bond acceptors (Lipinski definition) is 3. The van der Waals surface area contributed by atoms with Crippen molar-refractivity contribution in [1.29, 1.82) is 0 Å². The van der Waals surface area contributed by atoms with Crippen molar-refractivity contribution in [2.75, 3.05) is 13.2 Å². The van der Waals surface area contributed by atoms with Crippen LogP contribution >= 0.6 is 0 Å². The highest BCUT2D eigenvalue weighted by atomic mass is 16.8. The van der Waals surface area contributed by atoms with Crippen molar-refractivity contribution in [3.8, 4) is 0 Å². The van der Waals surface area contributed by atoms with E-state index in [2.05, 4.69) is 6.58 Å². The zero-order valence-electron chi connectivity index (χ0n) is 6.86. The minimum Gasteiger partial charge on any atom is -0.352 e. The van der Waals surface area contributed by atoms with Gasteiger partial charge >= 0.3 is 0 Å². The molecule has 3 nitrogen and oxygen atoms in total. The Morgan fingerprint density at radius 2 is 2.17 bits per heavy atom. The molecule has 12 heavy (non-hydrogen) atoms. The summed E-state index contributed by atoms with van der Waals surface area (Å²) in [5, 5.41) is 0. The van der Waals surface area contributed by atoms with E-state index in [9.17, 15) is 0 Å².